The first-order chi connectivity index (χ1) is 20.0. The number of ether oxygens (including phenoxy) is 1. The molecule has 3 aromatic rings. The van der Waals surface area contributed by atoms with Crippen molar-refractivity contribution in [2.75, 3.05) is 13.2 Å². The highest BCUT2D eigenvalue weighted by Crippen LogP contribution is 2.22. The first kappa shape index (κ1) is 29.7. The van der Waals surface area contributed by atoms with Gasteiger partial charge in [-0.15, -0.1) is 0 Å². The fourth-order valence-corrected chi connectivity index (χ4v) is 5.02. The number of aliphatic hydroxyl groups excluding tert-OH is 1. The van der Waals surface area contributed by atoms with Gasteiger partial charge in [0.25, 0.3) is 0 Å². The summed E-state index contributed by atoms with van der Waals surface area (Å²) in [5.41, 5.74) is 2.86. The molecule has 3 N–H and O–H groups in total. The molecule has 7 nitrogen and oxygen atoms in total. The molecule has 0 saturated heterocycles. The smallest absolute Gasteiger partial charge is 0.309 e. The second-order valence-corrected chi connectivity index (χ2v) is 10.5. The van der Waals surface area contributed by atoms with Crippen LogP contribution in [0.4, 0.5) is 0 Å². The van der Waals surface area contributed by atoms with Crippen molar-refractivity contribution in [3.63, 3.8) is 0 Å². The summed E-state index contributed by atoms with van der Waals surface area (Å²) in [6, 6.07) is 27.8. The third-order valence-corrected chi connectivity index (χ3v) is 7.29. The Morgan fingerprint density at radius 3 is 2.07 bits per heavy atom. The highest BCUT2D eigenvalue weighted by Gasteiger charge is 2.28. The summed E-state index contributed by atoms with van der Waals surface area (Å²) >= 11 is 0. The number of aliphatic hydroxyl groups is 1. The van der Waals surface area contributed by atoms with E-state index in [2.05, 4.69) is 10.6 Å². The second-order valence-electron chi connectivity index (χ2n) is 10.5. The van der Waals surface area contributed by atoms with Gasteiger partial charge >= 0.3 is 5.97 Å². The summed E-state index contributed by atoms with van der Waals surface area (Å²) in [5, 5.41) is 15.8. The molecule has 0 saturated carbocycles. The number of rotatable bonds is 9. The Kier molecular flexibility index (Phi) is 11.3. The van der Waals surface area contributed by atoms with E-state index in [1.165, 1.54) is 0 Å². The van der Waals surface area contributed by atoms with Crippen molar-refractivity contribution >= 4 is 17.8 Å². The van der Waals surface area contributed by atoms with Gasteiger partial charge in [0.1, 0.15) is 6.61 Å². The Morgan fingerprint density at radius 1 is 0.854 bits per heavy atom. The third-order valence-electron chi connectivity index (χ3n) is 7.29. The van der Waals surface area contributed by atoms with Gasteiger partial charge in [0.2, 0.25) is 11.8 Å². The van der Waals surface area contributed by atoms with Crippen LogP contribution in [0.5, 0.6) is 0 Å². The zero-order valence-electron chi connectivity index (χ0n) is 23.2. The van der Waals surface area contributed by atoms with Gasteiger partial charge in [0.05, 0.1) is 30.5 Å². The quantitative estimate of drug-likeness (QED) is 0.270. The molecular weight excluding hydrogens is 516 g/mol. The van der Waals surface area contributed by atoms with Crippen LogP contribution in [-0.4, -0.2) is 42.1 Å². The Hall–Kier alpha value is -4.23. The normalized spacial score (nSPS) is 20.6. The molecule has 0 fully saturated rings. The minimum atomic E-state index is -0.628. The van der Waals surface area contributed by atoms with Crippen LogP contribution in [0.25, 0.3) is 0 Å². The maximum Gasteiger partial charge on any atom is 0.309 e. The lowest BCUT2D eigenvalue weighted by Crippen LogP contribution is -2.42. The zero-order chi connectivity index (χ0) is 28.9. The Morgan fingerprint density at radius 2 is 1.44 bits per heavy atom. The molecule has 3 aromatic carbocycles. The monoisotopic (exact) mass is 554 g/mol. The summed E-state index contributed by atoms with van der Waals surface area (Å²) in [4.78, 5) is 39.6. The van der Waals surface area contributed by atoms with Crippen LogP contribution in [0.2, 0.25) is 0 Å². The largest absolute Gasteiger partial charge is 0.463 e. The van der Waals surface area contributed by atoms with Gasteiger partial charge in [-0.25, -0.2) is 0 Å². The van der Waals surface area contributed by atoms with Gasteiger partial charge in [-0.05, 0) is 42.4 Å². The molecule has 1 aliphatic heterocycles. The summed E-state index contributed by atoms with van der Waals surface area (Å²) < 4.78 is 5.76. The van der Waals surface area contributed by atoms with E-state index in [0.29, 0.717) is 25.7 Å². The van der Waals surface area contributed by atoms with Crippen molar-refractivity contribution in [3.05, 3.63) is 120 Å². The molecule has 0 aliphatic carbocycles. The number of benzene rings is 3. The number of carbonyl (C=O) groups excluding carboxylic acids is 3. The molecular formula is C34H38N2O5. The van der Waals surface area contributed by atoms with Gasteiger partial charge in [-0.3, -0.25) is 14.4 Å². The number of allylic oxidation sites excluding steroid dienone is 2. The summed E-state index contributed by atoms with van der Waals surface area (Å²) in [6.07, 6.45) is 5.58. The molecule has 7 heteroatoms. The lowest BCUT2D eigenvalue weighted by molar-refractivity contribution is -0.150. The molecule has 0 aromatic heterocycles. The molecule has 41 heavy (non-hydrogen) atoms. The minimum Gasteiger partial charge on any atom is -0.463 e. The van der Waals surface area contributed by atoms with Crippen LogP contribution in [0, 0.1) is 11.8 Å². The van der Waals surface area contributed by atoms with E-state index in [0.717, 1.165) is 16.7 Å². The number of carbonyl (C=O) groups is 3. The third kappa shape index (κ3) is 9.43. The number of cyclic esters (lactones) is 1. The van der Waals surface area contributed by atoms with E-state index in [1.807, 2.05) is 103 Å². The lowest BCUT2D eigenvalue weighted by atomic mass is 9.94. The Balaban J connectivity index is 1.49. The van der Waals surface area contributed by atoms with E-state index in [1.54, 1.807) is 0 Å². The first-order valence-electron chi connectivity index (χ1n) is 14.2. The number of nitrogens with one attached hydrogen (secondary N) is 2. The van der Waals surface area contributed by atoms with Crippen LogP contribution in [0.1, 0.15) is 42.0 Å². The maximum atomic E-state index is 13.5. The predicted molar refractivity (Wildman–Crippen MR) is 158 cm³/mol. The summed E-state index contributed by atoms with van der Waals surface area (Å²) in [7, 11) is 0. The van der Waals surface area contributed by atoms with Crippen molar-refractivity contribution in [3.8, 4) is 0 Å². The van der Waals surface area contributed by atoms with Gasteiger partial charge in [0, 0.05) is 6.42 Å². The fraction of sp³-hybridized carbons (Fsp3) is 0.324. The molecule has 0 unspecified atom stereocenters. The average molecular weight is 555 g/mol. The van der Waals surface area contributed by atoms with Crippen molar-refractivity contribution in [1.29, 1.82) is 0 Å². The highest BCUT2D eigenvalue weighted by molar-refractivity contribution is 5.86. The van der Waals surface area contributed by atoms with Crippen LogP contribution in [-0.2, 0) is 32.0 Å². The molecule has 4 rings (SSSR count). The van der Waals surface area contributed by atoms with Crippen LogP contribution < -0.4 is 10.6 Å². The maximum absolute atomic E-state index is 13.5. The Labute approximate surface area is 241 Å². The molecule has 0 spiro atoms. The summed E-state index contributed by atoms with van der Waals surface area (Å²) in [5.74, 6) is -1.90. The van der Waals surface area contributed by atoms with Crippen LogP contribution in [0.3, 0.4) is 0 Å². The van der Waals surface area contributed by atoms with E-state index in [9.17, 15) is 19.5 Å². The van der Waals surface area contributed by atoms with Crippen LogP contribution in [0.15, 0.2) is 103 Å². The molecule has 0 radical (unpaired) electrons. The predicted octanol–water partition coefficient (Wildman–Crippen LogP) is 4.32. The van der Waals surface area contributed by atoms with E-state index in [-0.39, 0.29) is 43.3 Å². The van der Waals surface area contributed by atoms with Crippen molar-refractivity contribution < 1.29 is 24.2 Å². The van der Waals surface area contributed by atoms with Crippen molar-refractivity contribution in [1.82, 2.24) is 10.6 Å². The van der Waals surface area contributed by atoms with E-state index < -0.39 is 18.0 Å². The molecule has 1 heterocycles. The average Bonchev–Trinajstić information content (AvgIpc) is 3.00. The second kappa shape index (κ2) is 15.5. The molecule has 2 amide bonds. The molecule has 1 aliphatic rings. The van der Waals surface area contributed by atoms with Gasteiger partial charge in [0.15, 0.2) is 0 Å². The number of hydrogen-bond acceptors (Lipinski definition) is 5. The summed E-state index contributed by atoms with van der Waals surface area (Å²) in [6.45, 7) is -0.214. The standard InChI is InChI=1S/C34H38N2O5/c37-23-30(21-26-14-6-2-7-15-26)35-32(38)22-28-18-10-11-19-29(20-25-12-4-1-5-13-25)34(40)41-24-31(36-33(28)39)27-16-8-3-9-17-27/h1-17,28-31,37H,18-24H2,(H,35,38)(H,36,39)/t28-,29+,30-,31-/m1/s1. The van der Waals surface area contributed by atoms with E-state index >= 15 is 0 Å². The molecule has 4 atom stereocenters. The fourth-order valence-electron chi connectivity index (χ4n) is 5.02. The lowest BCUT2D eigenvalue weighted by Gasteiger charge is -2.25. The molecule has 214 valence electrons. The SMILES string of the molecule is O=C(C[C@H]1CC=CC[C@@H](Cc2ccccc2)C(=O)OC[C@H](c2ccccc2)NC1=O)N[C@@H](CO)Cc1ccccc1. The van der Waals surface area contributed by atoms with Gasteiger partial charge in [-0.1, -0.05) is 103 Å². The Bertz CT molecular complexity index is 1280. The number of hydrogen-bond donors (Lipinski definition) is 3. The topological polar surface area (TPSA) is 105 Å². The number of esters is 1. The van der Waals surface area contributed by atoms with Crippen LogP contribution >= 0.6 is 0 Å². The number of amides is 2. The first-order valence-corrected chi connectivity index (χ1v) is 14.2. The van der Waals surface area contributed by atoms with Gasteiger partial charge in [-0.2, -0.15) is 0 Å². The van der Waals surface area contributed by atoms with Gasteiger partial charge < -0.3 is 20.5 Å². The highest BCUT2D eigenvalue weighted by atomic mass is 16.5. The van der Waals surface area contributed by atoms with E-state index in [4.69, 9.17) is 4.74 Å². The molecule has 0 bridgehead atoms. The van der Waals surface area contributed by atoms with Crippen molar-refractivity contribution in [2.45, 2.75) is 44.2 Å². The van der Waals surface area contributed by atoms with Crippen molar-refractivity contribution in [2.24, 2.45) is 11.8 Å². The minimum absolute atomic E-state index is 0.00777. The zero-order valence-corrected chi connectivity index (χ0v) is 23.2.